The van der Waals surface area contributed by atoms with Gasteiger partial charge in [0.05, 0.1) is 10.6 Å². The van der Waals surface area contributed by atoms with Crippen LogP contribution >= 0.6 is 11.3 Å². The minimum absolute atomic E-state index is 0.140. The first-order chi connectivity index (χ1) is 11.7. The zero-order valence-electron chi connectivity index (χ0n) is 14.7. The molecule has 1 aromatic heterocycles. The second-order valence-electron chi connectivity index (χ2n) is 6.14. The van der Waals surface area contributed by atoms with E-state index >= 15 is 0 Å². The Morgan fingerprint density at radius 2 is 1.84 bits per heavy atom. The number of nitrogens with zero attached hydrogens (tertiary/aromatic N) is 1. The van der Waals surface area contributed by atoms with Gasteiger partial charge in [-0.1, -0.05) is 20.8 Å². The summed E-state index contributed by atoms with van der Waals surface area (Å²) in [5.41, 5.74) is 1.31. The lowest BCUT2D eigenvalue weighted by molar-refractivity contribution is 0.102. The van der Waals surface area contributed by atoms with Gasteiger partial charge in [0.1, 0.15) is 0 Å². The molecule has 2 N–H and O–H groups in total. The number of aromatic nitrogens is 1. The van der Waals surface area contributed by atoms with Crippen LogP contribution in [0.1, 0.15) is 56.1 Å². The molecule has 0 aliphatic rings. The molecule has 0 spiro atoms. The monoisotopic (exact) mass is 381 g/mol. The van der Waals surface area contributed by atoms with E-state index < -0.39 is 10.0 Å². The molecule has 0 fully saturated rings. The van der Waals surface area contributed by atoms with Gasteiger partial charge < -0.3 is 0 Å². The van der Waals surface area contributed by atoms with Crippen LogP contribution in [0.3, 0.4) is 0 Å². The Bertz CT molecular complexity index is 827. The molecule has 0 bridgehead atoms. The highest BCUT2D eigenvalue weighted by Gasteiger charge is 2.17. The third-order valence-electron chi connectivity index (χ3n) is 3.73. The first-order valence-corrected chi connectivity index (χ1v) is 10.5. The molecule has 0 aliphatic heterocycles. The summed E-state index contributed by atoms with van der Waals surface area (Å²) in [6.07, 6.45) is 0.700. The summed E-state index contributed by atoms with van der Waals surface area (Å²) < 4.78 is 27.0. The maximum atomic E-state index is 12.3. The molecule has 1 unspecified atom stereocenters. The fraction of sp³-hybridized carbons (Fsp3) is 0.412. The van der Waals surface area contributed by atoms with Crippen LogP contribution in [0.2, 0.25) is 0 Å². The molecule has 2 aromatic rings. The quantitative estimate of drug-likeness (QED) is 0.767. The SMILES string of the molecule is CCC(C)NS(=O)(=O)c1ccc(C(=O)Nc2nc(C(C)C)cs2)cc1. The van der Waals surface area contributed by atoms with Crippen LogP contribution in [0.15, 0.2) is 34.5 Å². The molecule has 0 saturated carbocycles. The summed E-state index contributed by atoms with van der Waals surface area (Å²) in [7, 11) is -3.57. The highest BCUT2D eigenvalue weighted by atomic mass is 32.2. The number of hydrogen-bond acceptors (Lipinski definition) is 5. The molecule has 1 atom stereocenters. The molecule has 25 heavy (non-hydrogen) atoms. The average Bonchev–Trinajstić information content (AvgIpc) is 3.03. The first-order valence-electron chi connectivity index (χ1n) is 8.12. The summed E-state index contributed by atoms with van der Waals surface area (Å²) in [5.74, 6) is -0.0205. The van der Waals surface area contributed by atoms with Crippen LogP contribution in [0.25, 0.3) is 0 Å². The van der Waals surface area contributed by atoms with Crippen molar-refractivity contribution in [3.63, 3.8) is 0 Å². The molecule has 1 heterocycles. The normalized spacial score (nSPS) is 13.0. The van der Waals surface area contributed by atoms with E-state index in [1.54, 1.807) is 6.92 Å². The summed E-state index contributed by atoms with van der Waals surface area (Å²) >= 11 is 1.37. The minimum atomic E-state index is -3.57. The van der Waals surface area contributed by atoms with Crippen molar-refractivity contribution in [3.05, 3.63) is 40.9 Å². The summed E-state index contributed by atoms with van der Waals surface area (Å²) in [5, 5.41) is 5.18. The van der Waals surface area contributed by atoms with Crippen LogP contribution in [0.4, 0.5) is 5.13 Å². The van der Waals surface area contributed by atoms with Crippen LogP contribution in [-0.4, -0.2) is 25.4 Å². The predicted octanol–water partition coefficient (Wildman–Crippen LogP) is 3.60. The van der Waals surface area contributed by atoms with Crippen molar-refractivity contribution >= 4 is 32.4 Å². The fourth-order valence-electron chi connectivity index (χ4n) is 1.98. The van der Waals surface area contributed by atoms with Gasteiger partial charge in [0.2, 0.25) is 10.0 Å². The molecule has 6 nitrogen and oxygen atoms in total. The molecule has 0 aliphatic carbocycles. The van der Waals surface area contributed by atoms with Gasteiger partial charge >= 0.3 is 0 Å². The summed E-state index contributed by atoms with van der Waals surface area (Å²) in [6.45, 7) is 7.78. The van der Waals surface area contributed by atoms with E-state index in [9.17, 15) is 13.2 Å². The van der Waals surface area contributed by atoms with E-state index in [0.29, 0.717) is 23.0 Å². The van der Waals surface area contributed by atoms with Crippen LogP contribution in [0.5, 0.6) is 0 Å². The van der Waals surface area contributed by atoms with Gasteiger partial charge in [0.25, 0.3) is 5.91 Å². The van der Waals surface area contributed by atoms with Gasteiger partial charge in [-0.15, -0.1) is 11.3 Å². The van der Waals surface area contributed by atoms with Gasteiger partial charge in [-0.2, -0.15) is 0 Å². The van der Waals surface area contributed by atoms with Gasteiger partial charge in [-0.05, 0) is 43.5 Å². The largest absolute Gasteiger partial charge is 0.298 e. The van der Waals surface area contributed by atoms with Gasteiger partial charge in [0, 0.05) is 17.0 Å². The number of benzene rings is 1. The Morgan fingerprint density at radius 1 is 1.20 bits per heavy atom. The van der Waals surface area contributed by atoms with Gasteiger partial charge in [-0.3, -0.25) is 10.1 Å². The standard InChI is InChI=1S/C17H23N3O3S2/c1-5-12(4)20-25(22,23)14-8-6-13(7-9-14)16(21)19-17-18-15(10-24-17)11(2)3/h6-12,20H,5H2,1-4H3,(H,18,19,21). The number of anilines is 1. The van der Waals surface area contributed by atoms with E-state index in [1.165, 1.54) is 35.6 Å². The lowest BCUT2D eigenvalue weighted by atomic mass is 10.2. The molecule has 0 radical (unpaired) electrons. The third-order valence-corrected chi connectivity index (χ3v) is 6.11. The Labute approximate surface area is 152 Å². The van der Waals surface area contributed by atoms with Crippen molar-refractivity contribution in [2.45, 2.75) is 51.0 Å². The summed E-state index contributed by atoms with van der Waals surface area (Å²) in [6, 6.07) is 5.71. The number of hydrogen-bond donors (Lipinski definition) is 2. The minimum Gasteiger partial charge on any atom is -0.298 e. The lowest BCUT2D eigenvalue weighted by Gasteiger charge is -2.12. The molecular formula is C17H23N3O3S2. The van der Waals surface area contributed by atoms with Crippen molar-refractivity contribution in [3.8, 4) is 0 Å². The number of amides is 1. The van der Waals surface area contributed by atoms with E-state index in [2.05, 4.69) is 15.0 Å². The summed E-state index contributed by atoms with van der Waals surface area (Å²) in [4.78, 5) is 16.8. The average molecular weight is 382 g/mol. The third kappa shape index (κ3) is 5.10. The topological polar surface area (TPSA) is 88.2 Å². The Kier molecular flexibility index (Phi) is 6.31. The van der Waals surface area contributed by atoms with Crippen molar-refractivity contribution in [1.29, 1.82) is 0 Å². The van der Waals surface area contributed by atoms with Crippen LogP contribution in [0, 0.1) is 0 Å². The van der Waals surface area contributed by atoms with E-state index in [-0.39, 0.29) is 16.8 Å². The first kappa shape index (κ1) is 19.6. The highest BCUT2D eigenvalue weighted by molar-refractivity contribution is 7.89. The number of thiazole rings is 1. The Hall–Kier alpha value is -1.77. The number of carbonyl (C=O) groups is 1. The van der Waals surface area contributed by atoms with Crippen LogP contribution < -0.4 is 10.0 Å². The predicted molar refractivity (Wildman–Crippen MR) is 101 cm³/mol. The zero-order valence-corrected chi connectivity index (χ0v) is 16.4. The van der Waals surface area contributed by atoms with Gasteiger partial charge in [0.15, 0.2) is 5.13 Å². The molecule has 8 heteroatoms. The maximum absolute atomic E-state index is 12.3. The highest BCUT2D eigenvalue weighted by Crippen LogP contribution is 2.22. The second kappa shape index (κ2) is 8.07. The smallest absolute Gasteiger partial charge is 0.257 e. The van der Waals surface area contributed by atoms with E-state index in [0.717, 1.165) is 5.69 Å². The number of carbonyl (C=O) groups excluding carboxylic acids is 1. The molecule has 2 rings (SSSR count). The molecule has 136 valence electrons. The fourth-order valence-corrected chi connectivity index (χ4v) is 4.17. The van der Waals surface area contributed by atoms with Crippen molar-refractivity contribution in [2.75, 3.05) is 5.32 Å². The molecule has 0 saturated heterocycles. The Balaban J connectivity index is 2.09. The van der Waals surface area contributed by atoms with Gasteiger partial charge in [-0.25, -0.2) is 18.1 Å². The Morgan fingerprint density at radius 3 is 2.36 bits per heavy atom. The number of rotatable bonds is 7. The number of nitrogens with one attached hydrogen (secondary N) is 2. The second-order valence-corrected chi connectivity index (χ2v) is 8.71. The van der Waals surface area contributed by atoms with Crippen molar-refractivity contribution < 1.29 is 13.2 Å². The van der Waals surface area contributed by atoms with Crippen molar-refractivity contribution in [1.82, 2.24) is 9.71 Å². The number of sulfonamides is 1. The molecule has 1 amide bonds. The van der Waals surface area contributed by atoms with E-state index in [4.69, 9.17) is 0 Å². The molecule has 1 aromatic carbocycles. The van der Waals surface area contributed by atoms with Crippen molar-refractivity contribution in [2.24, 2.45) is 0 Å². The lowest BCUT2D eigenvalue weighted by Crippen LogP contribution is -2.32. The van der Waals surface area contributed by atoms with E-state index in [1.807, 2.05) is 26.2 Å². The maximum Gasteiger partial charge on any atom is 0.257 e. The van der Waals surface area contributed by atoms with Crippen LogP contribution in [-0.2, 0) is 10.0 Å². The molecular weight excluding hydrogens is 358 g/mol. The zero-order chi connectivity index (χ0) is 18.6.